The van der Waals surface area contributed by atoms with Crippen LogP contribution in [0.25, 0.3) is 0 Å². The van der Waals surface area contributed by atoms with Gasteiger partial charge in [-0.3, -0.25) is 9.59 Å². The average Bonchev–Trinajstić information content (AvgIpc) is 2.98. The largest absolute Gasteiger partial charge is 0.459 e. The zero-order valence-corrected chi connectivity index (χ0v) is 11.2. The van der Waals surface area contributed by atoms with Crippen LogP contribution >= 0.6 is 11.6 Å². The first kappa shape index (κ1) is 14.1. The number of rotatable bonds is 5. The maximum absolute atomic E-state index is 11.7. The summed E-state index contributed by atoms with van der Waals surface area (Å²) < 4.78 is 4.93. The van der Waals surface area contributed by atoms with E-state index in [9.17, 15) is 9.59 Å². The van der Waals surface area contributed by atoms with Crippen molar-refractivity contribution in [2.75, 3.05) is 13.1 Å². The van der Waals surface area contributed by atoms with Gasteiger partial charge in [0.1, 0.15) is 5.15 Å². The van der Waals surface area contributed by atoms with Crippen LogP contribution in [0.4, 0.5) is 0 Å². The van der Waals surface area contributed by atoms with E-state index in [0.717, 1.165) is 0 Å². The molecule has 0 bridgehead atoms. The summed E-state index contributed by atoms with van der Waals surface area (Å²) in [5.74, 6) is -0.364. The van der Waals surface area contributed by atoms with Crippen molar-refractivity contribution in [1.29, 1.82) is 0 Å². The molecule has 0 radical (unpaired) electrons. The van der Waals surface area contributed by atoms with Crippen LogP contribution in [0.1, 0.15) is 20.9 Å². The van der Waals surface area contributed by atoms with E-state index in [2.05, 4.69) is 15.6 Å². The molecule has 0 aliphatic heterocycles. The third-order valence-electron chi connectivity index (χ3n) is 2.43. The molecule has 2 amide bonds. The Labute approximate surface area is 120 Å². The van der Waals surface area contributed by atoms with E-state index in [1.54, 1.807) is 18.2 Å². The van der Waals surface area contributed by atoms with Gasteiger partial charge in [-0.15, -0.1) is 0 Å². The number of aromatic nitrogens is 1. The molecule has 2 aromatic heterocycles. The highest BCUT2D eigenvalue weighted by Gasteiger charge is 2.08. The Bertz CT molecular complexity index is 581. The van der Waals surface area contributed by atoms with Gasteiger partial charge < -0.3 is 15.1 Å². The van der Waals surface area contributed by atoms with Crippen LogP contribution < -0.4 is 10.6 Å². The fraction of sp³-hybridized carbons (Fsp3) is 0.154. The van der Waals surface area contributed by atoms with E-state index in [0.29, 0.717) is 23.8 Å². The van der Waals surface area contributed by atoms with Crippen LogP contribution in [0.2, 0.25) is 5.15 Å². The summed E-state index contributed by atoms with van der Waals surface area (Å²) in [6, 6.07) is 6.30. The third-order valence-corrected chi connectivity index (χ3v) is 2.65. The molecule has 0 fully saturated rings. The van der Waals surface area contributed by atoms with Gasteiger partial charge in [-0.1, -0.05) is 11.6 Å². The second-order valence-electron chi connectivity index (χ2n) is 3.86. The van der Waals surface area contributed by atoms with Crippen molar-refractivity contribution >= 4 is 23.4 Å². The number of hydrogen-bond acceptors (Lipinski definition) is 4. The normalized spacial score (nSPS) is 10.1. The predicted octanol–water partition coefficient (Wildman–Crippen LogP) is 1.49. The summed E-state index contributed by atoms with van der Waals surface area (Å²) in [4.78, 5) is 27.0. The van der Waals surface area contributed by atoms with E-state index in [1.165, 1.54) is 18.5 Å². The molecule has 0 unspecified atom stereocenters. The molecule has 0 aliphatic rings. The summed E-state index contributed by atoms with van der Waals surface area (Å²) in [5, 5.41) is 5.59. The number of carbonyl (C=O) groups is 2. The molecule has 2 aromatic rings. The van der Waals surface area contributed by atoms with Gasteiger partial charge in [0.25, 0.3) is 11.8 Å². The summed E-state index contributed by atoms with van der Waals surface area (Å²) in [7, 11) is 0. The number of halogens is 1. The molecule has 6 nitrogen and oxygen atoms in total. The Morgan fingerprint density at radius 1 is 1.15 bits per heavy atom. The lowest BCUT2D eigenvalue weighted by atomic mass is 10.3. The topological polar surface area (TPSA) is 84.2 Å². The fourth-order valence-electron chi connectivity index (χ4n) is 1.46. The first-order valence-corrected chi connectivity index (χ1v) is 6.26. The first-order chi connectivity index (χ1) is 9.66. The van der Waals surface area contributed by atoms with Gasteiger partial charge in [-0.25, -0.2) is 4.98 Å². The minimum atomic E-state index is -0.322. The summed E-state index contributed by atoms with van der Waals surface area (Å²) in [6.07, 6.45) is 2.81. The molecule has 20 heavy (non-hydrogen) atoms. The van der Waals surface area contributed by atoms with Gasteiger partial charge in [0.15, 0.2) is 5.76 Å². The van der Waals surface area contributed by atoms with Crippen LogP contribution in [0.15, 0.2) is 41.1 Å². The van der Waals surface area contributed by atoms with Crippen molar-refractivity contribution in [2.45, 2.75) is 0 Å². The van der Waals surface area contributed by atoms with Crippen LogP contribution in [-0.2, 0) is 0 Å². The fourth-order valence-corrected chi connectivity index (χ4v) is 1.57. The summed E-state index contributed by atoms with van der Waals surface area (Å²) in [6.45, 7) is 0.597. The van der Waals surface area contributed by atoms with Gasteiger partial charge in [-0.2, -0.15) is 0 Å². The van der Waals surface area contributed by atoms with Gasteiger partial charge >= 0.3 is 0 Å². The minimum Gasteiger partial charge on any atom is -0.459 e. The molecule has 7 heteroatoms. The minimum absolute atomic E-state index is 0.234. The molecular formula is C13H12ClN3O3. The molecule has 0 saturated carbocycles. The molecule has 0 aromatic carbocycles. The number of hydrogen-bond donors (Lipinski definition) is 2. The highest BCUT2D eigenvalue weighted by molar-refractivity contribution is 6.29. The van der Waals surface area contributed by atoms with Crippen LogP contribution in [0, 0.1) is 0 Å². The number of nitrogens with one attached hydrogen (secondary N) is 2. The van der Waals surface area contributed by atoms with Gasteiger partial charge in [0.05, 0.1) is 11.8 Å². The standard InChI is InChI=1S/C13H12ClN3O3/c14-11-4-3-9(8-17-11)12(18)15-5-6-16-13(19)10-2-1-7-20-10/h1-4,7-8H,5-6H2,(H,15,18)(H,16,19). The molecule has 0 saturated heterocycles. The lowest BCUT2D eigenvalue weighted by molar-refractivity contribution is 0.0910. The Kier molecular flexibility index (Phi) is 4.73. The Hall–Kier alpha value is -2.34. The molecular weight excluding hydrogens is 282 g/mol. The van der Waals surface area contributed by atoms with Crippen LogP contribution in [-0.4, -0.2) is 29.9 Å². The molecule has 2 N–H and O–H groups in total. The Morgan fingerprint density at radius 3 is 2.50 bits per heavy atom. The van der Waals surface area contributed by atoms with Crippen molar-refractivity contribution in [1.82, 2.24) is 15.6 Å². The zero-order valence-electron chi connectivity index (χ0n) is 10.4. The van der Waals surface area contributed by atoms with E-state index in [-0.39, 0.29) is 17.6 Å². The number of pyridine rings is 1. The van der Waals surface area contributed by atoms with Gasteiger partial charge in [0, 0.05) is 19.3 Å². The number of amides is 2. The monoisotopic (exact) mass is 293 g/mol. The lowest BCUT2D eigenvalue weighted by Gasteiger charge is -2.06. The molecule has 0 spiro atoms. The Morgan fingerprint density at radius 2 is 1.90 bits per heavy atom. The van der Waals surface area contributed by atoms with Crippen LogP contribution in [0.5, 0.6) is 0 Å². The highest BCUT2D eigenvalue weighted by Crippen LogP contribution is 2.04. The molecule has 0 atom stereocenters. The van der Waals surface area contributed by atoms with E-state index < -0.39 is 0 Å². The van der Waals surface area contributed by atoms with E-state index >= 15 is 0 Å². The maximum Gasteiger partial charge on any atom is 0.287 e. The molecule has 0 aliphatic carbocycles. The average molecular weight is 294 g/mol. The van der Waals surface area contributed by atoms with Crippen molar-refractivity contribution in [3.63, 3.8) is 0 Å². The SMILES string of the molecule is O=C(NCCNC(=O)c1ccco1)c1ccc(Cl)nc1. The third kappa shape index (κ3) is 3.83. The summed E-state index contributed by atoms with van der Waals surface area (Å²) >= 11 is 5.63. The molecule has 2 heterocycles. The van der Waals surface area contributed by atoms with Crippen molar-refractivity contribution in [3.8, 4) is 0 Å². The second kappa shape index (κ2) is 6.72. The number of furan rings is 1. The Balaban J connectivity index is 1.72. The van der Waals surface area contributed by atoms with E-state index in [1.807, 2.05) is 0 Å². The number of carbonyl (C=O) groups excluding carboxylic acids is 2. The number of nitrogens with zero attached hydrogens (tertiary/aromatic N) is 1. The van der Waals surface area contributed by atoms with Crippen LogP contribution in [0.3, 0.4) is 0 Å². The van der Waals surface area contributed by atoms with Crippen molar-refractivity contribution in [2.24, 2.45) is 0 Å². The molecule has 104 valence electrons. The summed E-state index contributed by atoms with van der Waals surface area (Å²) in [5.41, 5.74) is 0.409. The van der Waals surface area contributed by atoms with Gasteiger partial charge in [-0.05, 0) is 24.3 Å². The quantitative estimate of drug-likeness (QED) is 0.646. The van der Waals surface area contributed by atoms with E-state index in [4.69, 9.17) is 16.0 Å². The maximum atomic E-state index is 11.7. The zero-order chi connectivity index (χ0) is 14.4. The predicted molar refractivity (Wildman–Crippen MR) is 72.6 cm³/mol. The molecule has 2 rings (SSSR count). The second-order valence-corrected chi connectivity index (χ2v) is 4.25. The highest BCUT2D eigenvalue weighted by atomic mass is 35.5. The van der Waals surface area contributed by atoms with Crippen molar-refractivity contribution in [3.05, 3.63) is 53.2 Å². The first-order valence-electron chi connectivity index (χ1n) is 5.88. The van der Waals surface area contributed by atoms with Crippen molar-refractivity contribution < 1.29 is 14.0 Å². The lowest BCUT2D eigenvalue weighted by Crippen LogP contribution is -2.34. The van der Waals surface area contributed by atoms with Gasteiger partial charge in [0.2, 0.25) is 0 Å². The smallest absolute Gasteiger partial charge is 0.287 e.